The summed E-state index contributed by atoms with van der Waals surface area (Å²) in [6.07, 6.45) is 3.99. The van der Waals surface area contributed by atoms with Crippen molar-refractivity contribution in [3.8, 4) is 6.07 Å². The first-order valence-electron chi connectivity index (χ1n) is 7.30. The molecule has 0 aliphatic carbocycles. The van der Waals surface area contributed by atoms with Gasteiger partial charge in [0.25, 0.3) is 0 Å². The highest BCUT2D eigenvalue weighted by molar-refractivity contribution is 5.32. The molecule has 0 aromatic heterocycles. The maximum Gasteiger partial charge on any atom is 0.0991 e. The highest BCUT2D eigenvalue weighted by Crippen LogP contribution is 2.22. The Morgan fingerprint density at radius 3 is 3.00 bits per heavy atom. The van der Waals surface area contributed by atoms with Crippen LogP contribution < -0.4 is 0 Å². The molecule has 19 heavy (non-hydrogen) atoms. The monoisotopic (exact) mass is 255 g/mol. The van der Waals surface area contributed by atoms with Crippen LogP contribution >= 0.6 is 0 Å². The van der Waals surface area contributed by atoms with Gasteiger partial charge in [0.05, 0.1) is 11.6 Å². The van der Waals surface area contributed by atoms with Crippen molar-refractivity contribution >= 4 is 0 Å². The standard InChI is InChI=1S/C16H21N3/c17-11-14-4-1-5-15(10-14)12-18-7-3-9-19-8-2-6-16(19)13-18/h1,4-5,10,16H,2-3,6-9,12-13H2/t16-/m0/s1. The molecule has 2 heterocycles. The van der Waals surface area contributed by atoms with Crippen molar-refractivity contribution in [3.63, 3.8) is 0 Å². The van der Waals surface area contributed by atoms with Crippen LogP contribution in [0.3, 0.4) is 0 Å². The molecule has 0 unspecified atom stereocenters. The largest absolute Gasteiger partial charge is 0.299 e. The summed E-state index contributed by atoms with van der Waals surface area (Å²) in [6.45, 7) is 5.92. The lowest BCUT2D eigenvalue weighted by atomic mass is 10.1. The van der Waals surface area contributed by atoms with E-state index < -0.39 is 0 Å². The third kappa shape index (κ3) is 2.97. The van der Waals surface area contributed by atoms with E-state index in [1.807, 2.05) is 18.2 Å². The van der Waals surface area contributed by atoms with Crippen LogP contribution in [0.2, 0.25) is 0 Å². The lowest BCUT2D eigenvalue weighted by Crippen LogP contribution is -2.36. The van der Waals surface area contributed by atoms with Crippen LogP contribution in [-0.2, 0) is 6.54 Å². The van der Waals surface area contributed by atoms with Crippen molar-refractivity contribution in [1.29, 1.82) is 5.26 Å². The third-order valence-corrected chi connectivity index (χ3v) is 4.35. The van der Waals surface area contributed by atoms with Crippen LogP contribution in [0.25, 0.3) is 0 Å². The van der Waals surface area contributed by atoms with E-state index in [1.54, 1.807) is 0 Å². The van der Waals surface area contributed by atoms with Gasteiger partial charge in [0.2, 0.25) is 0 Å². The minimum Gasteiger partial charge on any atom is -0.299 e. The molecule has 2 aliphatic heterocycles. The zero-order chi connectivity index (χ0) is 13.1. The van der Waals surface area contributed by atoms with Gasteiger partial charge < -0.3 is 0 Å². The molecule has 100 valence electrons. The van der Waals surface area contributed by atoms with Gasteiger partial charge in [-0.2, -0.15) is 5.26 Å². The average Bonchev–Trinajstić information content (AvgIpc) is 2.78. The average molecular weight is 255 g/mol. The van der Waals surface area contributed by atoms with Crippen LogP contribution in [0.15, 0.2) is 24.3 Å². The van der Waals surface area contributed by atoms with E-state index in [2.05, 4.69) is 21.9 Å². The second kappa shape index (κ2) is 5.73. The fourth-order valence-electron chi connectivity index (χ4n) is 3.42. The second-order valence-corrected chi connectivity index (χ2v) is 5.73. The van der Waals surface area contributed by atoms with Crippen molar-refractivity contribution in [2.75, 3.05) is 26.2 Å². The Kier molecular flexibility index (Phi) is 3.82. The summed E-state index contributed by atoms with van der Waals surface area (Å²) < 4.78 is 0. The molecule has 0 bridgehead atoms. The van der Waals surface area contributed by atoms with Crippen molar-refractivity contribution in [1.82, 2.24) is 9.80 Å². The number of rotatable bonds is 2. The van der Waals surface area contributed by atoms with Crippen molar-refractivity contribution < 1.29 is 0 Å². The molecule has 3 rings (SSSR count). The van der Waals surface area contributed by atoms with Crippen LogP contribution in [0.5, 0.6) is 0 Å². The van der Waals surface area contributed by atoms with E-state index in [-0.39, 0.29) is 0 Å². The molecule has 1 atom stereocenters. The summed E-state index contributed by atoms with van der Waals surface area (Å²) in [5.41, 5.74) is 2.04. The lowest BCUT2D eigenvalue weighted by Gasteiger charge is -2.25. The Balaban J connectivity index is 1.67. The maximum absolute atomic E-state index is 8.97. The number of nitrogens with zero attached hydrogens (tertiary/aromatic N) is 3. The Labute approximate surface area is 115 Å². The van der Waals surface area contributed by atoms with Crippen LogP contribution in [-0.4, -0.2) is 42.0 Å². The SMILES string of the molecule is N#Cc1cccc(CN2CCCN3CCC[C@H]3C2)c1. The molecule has 0 radical (unpaired) electrons. The molecule has 2 aliphatic rings. The number of fused-ring (bicyclic) bond motifs is 1. The first kappa shape index (κ1) is 12.7. The first-order chi connectivity index (χ1) is 9.35. The summed E-state index contributed by atoms with van der Waals surface area (Å²) in [4.78, 5) is 5.22. The predicted octanol–water partition coefficient (Wildman–Crippen LogP) is 2.23. The van der Waals surface area contributed by atoms with Crippen molar-refractivity contribution in [2.24, 2.45) is 0 Å². The lowest BCUT2D eigenvalue weighted by molar-refractivity contribution is 0.215. The van der Waals surface area contributed by atoms with Crippen molar-refractivity contribution in [3.05, 3.63) is 35.4 Å². The maximum atomic E-state index is 8.97. The molecular weight excluding hydrogens is 234 g/mol. The second-order valence-electron chi connectivity index (χ2n) is 5.73. The number of nitriles is 1. The fourth-order valence-corrected chi connectivity index (χ4v) is 3.42. The topological polar surface area (TPSA) is 30.3 Å². The van der Waals surface area contributed by atoms with Gasteiger partial charge in [-0.3, -0.25) is 9.80 Å². The fraction of sp³-hybridized carbons (Fsp3) is 0.562. The third-order valence-electron chi connectivity index (χ3n) is 4.35. The van der Waals surface area contributed by atoms with E-state index in [0.29, 0.717) is 0 Å². The summed E-state index contributed by atoms with van der Waals surface area (Å²) in [6, 6.07) is 11.0. The molecular formula is C16H21N3. The van der Waals surface area contributed by atoms with E-state index in [4.69, 9.17) is 5.26 Å². The highest BCUT2D eigenvalue weighted by Gasteiger charge is 2.28. The highest BCUT2D eigenvalue weighted by atomic mass is 15.3. The molecule has 0 spiro atoms. The molecule has 2 saturated heterocycles. The quantitative estimate of drug-likeness (QED) is 0.812. The van der Waals surface area contributed by atoms with Gasteiger partial charge >= 0.3 is 0 Å². The van der Waals surface area contributed by atoms with E-state index in [1.165, 1.54) is 51.0 Å². The molecule has 0 amide bonds. The van der Waals surface area contributed by atoms with Crippen LogP contribution in [0, 0.1) is 11.3 Å². The zero-order valence-corrected chi connectivity index (χ0v) is 11.4. The summed E-state index contributed by atoms with van der Waals surface area (Å²) in [5, 5.41) is 8.97. The minimum atomic E-state index is 0.765. The molecule has 1 aromatic carbocycles. The van der Waals surface area contributed by atoms with Gasteiger partial charge in [-0.05, 0) is 56.6 Å². The Morgan fingerprint density at radius 2 is 2.11 bits per heavy atom. The summed E-state index contributed by atoms with van der Waals surface area (Å²) in [7, 11) is 0. The van der Waals surface area contributed by atoms with Gasteiger partial charge in [-0.1, -0.05) is 12.1 Å². The predicted molar refractivity (Wildman–Crippen MR) is 75.6 cm³/mol. The first-order valence-corrected chi connectivity index (χ1v) is 7.30. The zero-order valence-electron chi connectivity index (χ0n) is 11.4. The number of hydrogen-bond donors (Lipinski definition) is 0. The van der Waals surface area contributed by atoms with E-state index in [0.717, 1.165) is 18.2 Å². The summed E-state index contributed by atoms with van der Waals surface area (Å²) in [5.74, 6) is 0. The van der Waals surface area contributed by atoms with Gasteiger partial charge in [-0.25, -0.2) is 0 Å². The van der Waals surface area contributed by atoms with Gasteiger partial charge in [0.15, 0.2) is 0 Å². The van der Waals surface area contributed by atoms with Crippen LogP contribution in [0.4, 0.5) is 0 Å². The molecule has 0 saturated carbocycles. The molecule has 3 heteroatoms. The van der Waals surface area contributed by atoms with E-state index >= 15 is 0 Å². The number of hydrogen-bond acceptors (Lipinski definition) is 3. The molecule has 2 fully saturated rings. The minimum absolute atomic E-state index is 0.765. The smallest absolute Gasteiger partial charge is 0.0991 e. The normalized spacial score (nSPS) is 24.7. The molecule has 0 N–H and O–H groups in total. The molecule has 3 nitrogen and oxygen atoms in total. The summed E-state index contributed by atoms with van der Waals surface area (Å²) >= 11 is 0. The Hall–Kier alpha value is -1.37. The molecule has 1 aromatic rings. The van der Waals surface area contributed by atoms with E-state index in [9.17, 15) is 0 Å². The number of benzene rings is 1. The van der Waals surface area contributed by atoms with Crippen LogP contribution in [0.1, 0.15) is 30.4 Å². The van der Waals surface area contributed by atoms with Gasteiger partial charge in [0.1, 0.15) is 0 Å². The Bertz CT molecular complexity index is 477. The Morgan fingerprint density at radius 1 is 1.21 bits per heavy atom. The van der Waals surface area contributed by atoms with Crippen molar-refractivity contribution in [2.45, 2.75) is 31.8 Å². The van der Waals surface area contributed by atoms with Gasteiger partial charge in [-0.15, -0.1) is 0 Å². The van der Waals surface area contributed by atoms with Gasteiger partial charge in [0, 0.05) is 19.1 Å².